The molecule has 4 rings (SSSR count). The van der Waals surface area contributed by atoms with Crippen LogP contribution in [0.3, 0.4) is 0 Å². The number of amides is 1. The number of aromatic nitrogens is 1. The van der Waals surface area contributed by atoms with Crippen molar-refractivity contribution in [3.05, 3.63) is 85.9 Å². The number of ether oxygens (including phenoxy) is 2. The second-order valence-electron chi connectivity index (χ2n) is 8.53. The molecule has 1 aliphatic heterocycles. The van der Waals surface area contributed by atoms with E-state index in [2.05, 4.69) is 4.98 Å². The van der Waals surface area contributed by atoms with Crippen LogP contribution >= 0.6 is 11.3 Å². The maximum atomic E-state index is 13.4. The number of aliphatic hydroxyl groups is 1. The molecule has 1 fully saturated rings. The fourth-order valence-electron chi connectivity index (χ4n) is 4.10. The molecule has 1 N–H and O–H groups in total. The van der Waals surface area contributed by atoms with E-state index in [0.717, 1.165) is 22.7 Å². The van der Waals surface area contributed by atoms with E-state index in [9.17, 15) is 29.6 Å². The minimum atomic E-state index is -1.17. The summed E-state index contributed by atoms with van der Waals surface area (Å²) >= 11 is 0.873. The van der Waals surface area contributed by atoms with Crippen LogP contribution < -0.4 is 9.64 Å². The van der Waals surface area contributed by atoms with Crippen LogP contribution in [0.2, 0.25) is 0 Å². The average Bonchev–Trinajstić information content (AvgIpc) is 3.43. The van der Waals surface area contributed by atoms with E-state index in [4.69, 9.17) is 9.47 Å². The Balaban J connectivity index is 1.89. The number of rotatable bonds is 9. The first-order valence-corrected chi connectivity index (χ1v) is 12.9. The third-order valence-corrected chi connectivity index (χ3v) is 7.03. The highest BCUT2D eigenvalue weighted by Gasteiger charge is 2.48. The molecule has 2 heterocycles. The molecule has 1 unspecified atom stereocenters. The molecular weight excluding hydrogens is 526 g/mol. The topological polar surface area (TPSA) is 149 Å². The SMILES string of the molecule is CCCOc1cccc(C(O)=C2C(=O)C(=O)N(c3nc(C)c(C(=O)OCC)s3)C2c2ccc([N+](=O)[O-])cc2)c1. The lowest BCUT2D eigenvalue weighted by molar-refractivity contribution is -0.384. The second kappa shape index (κ2) is 11.4. The lowest BCUT2D eigenvalue weighted by atomic mass is 9.95. The van der Waals surface area contributed by atoms with Crippen LogP contribution in [0.25, 0.3) is 5.76 Å². The van der Waals surface area contributed by atoms with Crippen molar-refractivity contribution in [1.29, 1.82) is 0 Å². The van der Waals surface area contributed by atoms with Crippen LogP contribution in [0.4, 0.5) is 10.8 Å². The van der Waals surface area contributed by atoms with E-state index in [0.29, 0.717) is 23.6 Å². The van der Waals surface area contributed by atoms with E-state index in [1.54, 1.807) is 38.1 Å². The van der Waals surface area contributed by atoms with Crippen LogP contribution in [-0.2, 0) is 14.3 Å². The van der Waals surface area contributed by atoms with Crippen molar-refractivity contribution in [3.8, 4) is 5.75 Å². The number of Topliss-reactive ketones (excluding diaryl/α,β-unsaturated/α-hetero) is 1. The van der Waals surface area contributed by atoms with E-state index >= 15 is 0 Å². The maximum absolute atomic E-state index is 13.4. The molecule has 1 saturated heterocycles. The van der Waals surface area contributed by atoms with Crippen LogP contribution in [0.15, 0.2) is 54.1 Å². The highest BCUT2D eigenvalue weighted by Crippen LogP contribution is 2.44. The molecule has 202 valence electrons. The number of esters is 1. The number of thiazole rings is 1. The van der Waals surface area contributed by atoms with Crippen LogP contribution in [0.5, 0.6) is 5.75 Å². The number of ketones is 1. The summed E-state index contributed by atoms with van der Waals surface area (Å²) in [5, 5.41) is 22.6. The average molecular weight is 552 g/mol. The maximum Gasteiger partial charge on any atom is 0.350 e. The number of carbonyl (C=O) groups excluding carboxylic acids is 3. The Morgan fingerprint density at radius 2 is 1.90 bits per heavy atom. The number of aryl methyl sites for hydroxylation is 1. The van der Waals surface area contributed by atoms with Crippen molar-refractivity contribution in [2.24, 2.45) is 0 Å². The van der Waals surface area contributed by atoms with Gasteiger partial charge in [0.2, 0.25) is 0 Å². The summed E-state index contributed by atoms with van der Waals surface area (Å²) in [6, 6.07) is 10.6. The number of anilines is 1. The number of nitro benzene ring substituents is 1. The summed E-state index contributed by atoms with van der Waals surface area (Å²) in [5.41, 5.74) is 0.457. The first kappa shape index (κ1) is 27.5. The number of aliphatic hydroxyl groups excluding tert-OH is 1. The van der Waals surface area contributed by atoms with Gasteiger partial charge in [0, 0.05) is 17.7 Å². The molecule has 0 radical (unpaired) electrons. The van der Waals surface area contributed by atoms with Crippen molar-refractivity contribution < 1.29 is 33.9 Å². The first-order valence-electron chi connectivity index (χ1n) is 12.1. The molecule has 39 heavy (non-hydrogen) atoms. The van der Waals surface area contributed by atoms with Crippen LogP contribution in [-0.4, -0.2) is 45.9 Å². The van der Waals surface area contributed by atoms with Crippen molar-refractivity contribution in [1.82, 2.24) is 4.98 Å². The molecule has 1 aliphatic rings. The Bertz CT molecular complexity index is 1480. The molecule has 1 aromatic heterocycles. The molecule has 1 atom stereocenters. The van der Waals surface area contributed by atoms with Gasteiger partial charge in [-0.25, -0.2) is 9.78 Å². The van der Waals surface area contributed by atoms with Gasteiger partial charge in [-0.05, 0) is 50.1 Å². The standard InChI is InChI=1S/C27H25N3O8S/c1-4-13-38-19-8-6-7-17(14-19)22(31)20-21(16-9-11-18(12-10-16)30(35)36)29(25(33)23(20)32)27-28-15(3)24(39-27)26(34)37-5-2/h6-12,14,21,31H,4-5,13H2,1-3H3. The monoisotopic (exact) mass is 551 g/mol. The van der Waals surface area contributed by atoms with Crippen molar-refractivity contribution in [2.75, 3.05) is 18.1 Å². The number of nitro groups is 1. The van der Waals surface area contributed by atoms with Gasteiger partial charge in [0.05, 0.1) is 35.4 Å². The lowest BCUT2D eigenvalue weighted by Gasteiger charge is -2.23. The molecule has 3 aromatic rings. The quantitative estimate of drug-likeness (QED) is 0.0973. The summed E-state index contributed by atoms with van der Waals surface area (Å²) in [6.45, 7) is 5.77. The first-order chi connectivity index (χ1) is 18.7. The Labute approximate surface area is 227 Å². The molecule has 0 bridgehead atoms. The zero-order valence-electron chi connectivity index (χ0n) is 21.4. The summed E-state index contributed by atoms with van der Waals surface area (Å²) in [5.74, 6) is -2.54. The smallest absolute Gasteiger partial charge is 0.350 e. The minimum Gasteiger partial charge on any atom is -0.507 e. The largest absolute Gasteiger partial charge is 0.507 e. The molecule has 0 saturated carbocycles. The Hall–Kier alpha value is -4.58. The molecule has 0 spiro atoms. The van der Waals surface area contributed by atoms with Gasteiger partial charge in [-0.15, -0.1) is 0 Å². The predicted octanol–water partition coefficient (Wildman–Crippen LogP) is 4.95. The number of carbonyl (C=O) groups is 3. The second-order valence-corrected chi connectivity index (χ2v) is 9.50. The summed E-state index contributed by atoms with van der Waals surface area (Å²) in [4.78, 5) is 55.4. The summed E-state index contributed by atoms with van der Waals surface area (Å²) in [7, 11) is 0. The molecule has 11 nitrogen and oxygen atoms in total. The number of hydrogen-bond acceptors (Lipinski definition) is 10. The van der Waals surface area contributed by atoms with E-state index in [1.807, 2.05) is 6.92 Å². The van der Waals surface area contributed by atoms with E-state index in [1.165, 1.54) is 24.3 Å². The highest BCUT2D eigenvalue weighted by molar-refractivity contribution is 7.17. The third-order valence-electron chi connectivity index (χ3n) is 5.90. The Morgan fingerprint density at radius 1 is 1.18 bits per heavy atom. The lowest BCUT2D eigenvalue weighted by Crippen LogP contribution is -2.29. The zero-order chi connectivity index (χ0) is 28.3. The molecule has 1 amide bonds. The number of hydrogen-bond donors (Lipinski definition) is 1. The molecule has 0 aliphatic carbocycles. The molecular formula is C27H25N3O8S. The van der Waals surface area contributed by atoms with Gasteiger partial charge >= 0.3 is 11.9 Å². The highest BCUT2D eigenvalue weighted by atomic mass is 32.1. The van der Waals surface area contributed by atoms with Gasteiger partial charge < -0.3 is 14.6 Å². The van der Waals surface area contributed by atoms with Gasteiger partial charge in [-0.2, -0.15) is 0 Å². The van der Waals surface area contributed by atoms with Gasteiger partial charge in [0.25, 0.3) is 11.5 Å². The predicted molar refractivity (Wildman–Crippen MR) is 143 cm³/mol. The minimum absolute atomic E-state index is 0.0417. The van der Waals surface area contributed by atoms with Gasteiger partial charge in [0.15, 0.2) is 5.13 Å². The summed E-state index contributed by atoms with van der Waals surface area (Å²) in [6.07, 6.45) is 0.766. The molecule has 12 heteroatoms. The van der Waals surface area contributed by atoms with Crippen molar-refractivity contribution >= 4 is 45.6 Å². The number of nitrogens with zero attached hydrogens (tertiary/aromatic N) is 3. The van der Waals surface area contributed by atoms with Gasteiger partial charge in [-0.1, -0.05) is 30.4 Å². The van der Waals surface area contributed by atoms with E-state index < -0.39 is 34.4 Å². The van der Waals surface area contributed by atoms with E-state index in [-0.39, 0.29) is 33.4 Å². The van der Waals surface area contributed by atoms with Crippen molar-refractivity contribution in [3.63, 3.8) is 0 Å². The Morgan fingerprint density at radius 3 is 2.54 bits per heavy atom. The molecule has 2 aromatic carbocycles. The van der Waals surface area contributed by atoms with Crippen LogP contribution in [0.1, 0.15) is 52.8 Å². The van der Waals surface area contributed by atoms with Crippen LogP contribution in [0, 0.1) is 17.0 Å². The number of non-ortho nitro benzene ring substituents is 1. The summed E-state index contributed by atoms with van der Waals surface area (Å²) < 4.78 is 10.7. The van der Waals surface area contributed by atoms with Crippen molar-refractivity contribution in [2.45, 2.75) is 33.2 Å². The normalized spacial score (nSPS) is 16.4. The van der Waals surface area contributed by atoms with Gasteiger partial charge in [0.1, 0.15) is 16.4 Å². The van der Waals surface area contributed by atoms with Gasteiger partial charge in [-0.3, -0.25) is 24.6 Å². The zero-order valence-corrected chi connectivity index (χ0v) is 22.2. The number of benzene rings is 2. The Kier molecular flexibility index (Phi) is 8.05. The third kappa shape index (κ3) is 5.36. The fourth-order valence-corrected chi connectivity index (χ4v) is 5.09. The fraction of sp³-hybridized carbons (Fsp3) is 0.259.